The number of alkyl halides is 3. The number of H-pyrrole nitrogens is 1. The Morgan fingerprint density at radius 2 is 2.00 bits per heavy atom. The van der Waals surface area contributed by atoms with Gasteiger partial charge < -0.3 is 0 Å². The molecule has 2 aromatic rings. The molecule has 0 spiro atoms. The minimum Gasteiger partial charge on any atom is -0.250 e. The van der Waals surface area contributed by atoms with Gasteiger partial charge in [-0.05, 0) is 29.9 Å². The fourth-order valence-corrected chi connectivity index (χ4v) is 1.79. The first-order valence-corrected chi connectivity index (χ1v) is 6.19. The molecule has 4 nitrogen and oxygen atoms in total. The van der Waals surface area contributed by atoms with E-state index >= 15 is 0 Å². The van der Waals surface area contributed by atoms with Crippen LogP contribution in [0.3, 0.4) is 0 Å². The third kappa shape index (κ3) is 3.20. The van der Waals surface area contributed by atoms with E-state index in [0.717, 1.165) is 0 Å². The van der Waals surface area contributed by atoms with Gasteiger partial charge in [0.25, 0.3) is 5.82 Å². The zero-order valence-electron chi connectivity index (χ0n) is 9.45. The topological polar surface area (TPSA) is 46.0 Å². The van der Waals surface area contributed by atoms with Gasteiger partial charge in [0.15, 0.2) is 0 Å². The maximum atomic E-state index is 12.6. The number of rotatable bonds is 2. The Kier molecular flexibility index (Phi) is 4.17. The Labute approximate surface area is 125 Å². The number of aromatic nitrogens is 3. The number of hydrogen-bond donors (Lipinski definition) is 1. The molecule has 0 radical (unpaired) electrons. The lowest BCUT2D eigenvalue weighted by Crippen LogP contribution is -2.12. The third-order valence-corrected chi connectivity index (χ3v) is 3.17. The summed E-state index contributed by atoms with van der Waals surface area (Å²) in [5.41, 5.74) is 0.468. The monoisotopic (exact) mass is 340 g/mol. The zero-order valence-corrected chi connectivity index (χ0v) is 11.8. The van der Waals surface area contributed by atoms with Gasteiger partial charge in [0.05, 0.1) is 16.3 Å². The summed E-state index contributed by atoms with van der Waals surface area (Å²) >= 11 is 16.2. The van der Waals surface area contributed by atoms with Crippen molar-refractivity contribution in [2.24, 2.45) is 5.10 Å². The summed E-state index contributed by atoms with van der Waals surface area (Å²) in [5.74, 6) is -1.24. The quantitative estimate of drug-likeness (QED) is 0.659. The minimum atomic E-state index is -4.66. The van der Waals surface area contributed by atoms with Crippen molar-refractivity contribution >= 4 is 41.6 Å². The van der Waals surface area contributed by atoms with Crippen LogP contribution in [0, 0.1) is 4.77 Å². The van der Waals surface area contributed by atoms with E-state index in [4.69, 9.17) is 23.2 Å². The van der Waals surface area contributed by atoms with E-state index in [1.807, 2.05) is 5.10 Å². The summed E-state index contributed by atoms with van der Waals surface area (Å²) in [6, 6.07) is 4.52. The van der Waals surface area contributed by atoms with Gasteiger partial charge in [-0.25, -0.2) is 5.10 Å². The smallest absolute Gasteiger partial charge is 0.250 e. The van der Waals surface area contributed by atoms with Crippen LogP contribution in [0.2, 0.25) is 10.0 Å². The van der Waals surface area contributed by atoms with E-state index in [0.29, 0.717) is 15.3 Å². The van der Waals surface area contributed by atoms with E-state index in [1.54, 1.807) is 6.07 Å². The number of nitrogens with one attached hydrogen (secondary N) is 1. The maximum Gasteiger partial charge on any atom is 0.453 e. The standard InChI is InChI=1S/C10H5Cl2F3N4S/c11-6-2-1-5(3-7(6)12)4-16-19-8(10(13,14)15)17-18-9(19)20/h1-4H,(H,18,20)/b16-4+. The molecule has 1 N–H and O–H groups in total. The molecule has 0 aliphatic heterocycles. The second-order valence-corrected chi connectivity index (χ2v) is 4.78. The van der Waals surface area contributed by atoms with Gasteiger partial charge in [-0.2, -0.15) is 22.9 Å². The molecular weight excluding hydrogens is 336 g/mol. The Hall–Kier alpha value is -1.38. The predicted octanol–water partition coefficient (Wildman–Crippen LogP) is 4.15. The Morgan fingerprint density at radius 3 is 2.60 bits per heavy atom. The average molecular weight is 341 g/mol. The first kappa shape index (κ1) is 15.0. The zero-order chi connectivity index (χ0) is 14.9. The van der Waals surface area contributed by atoms with E-state index in [2.05, 4.69) is 22.4 Å². The summed E-state index contributed by atoms with van der Waals surface area (Å²) in [4.78, 5) is 0. The fourth-order valence-electron chi connectivity index (χ4n) is 1.30. The molecule has 2 rings (SSSR count). The highest BCUT2D eigenvalue weighted by Gasteiger charge is 2.37. The van der Waals surface area contributed by atoms with E-state index < -0.39 is 12.0 Å². The lowest BCUT2D eigenvalue weighted by Gasteiger charge is -2.04. The second-order valence-electron chi connectivity index (χ2n) is 3.58. The lowest BCUT2D eigenvalue weighted by molar-refractivity contribution is -0.147. The van der Waals surface area contributed by atoms with Crippen LogP contribution < -0.4 is 0 Å². The molecule has 10 heteroatoms. The largest absolute Gasteiger partial charge is 0.453 e. The molecule has 1 aromatic heterocycles. The molecule has 1 heterocycles. The van der Waals surface area contributed by atoms with Crippen molar-refractivity contribution in [3.63, 3.8) is 0 Å². The molecule has 0 aliphatic carbocycles. The Bertz CT molecular complexity index is 720. The highest BCUT2D eigenvalue weighted by molar-refractivity contribution is 7.71. The Morgan fingerprint density at radius 1 is 1.30 bits per heavy atom. The van der Waals surface area contributed by atoms with Gasteiger partial charge in [-0.3, -0.25) is 0 Å². The average Bonchev–Trinajstić information content (AvgIpc) is 2.72. The molecule has 20 heavy (non-hydrogen) atoms. The number of benzene rings is 1. The van der Waals surface area contributed by atoms with Crippen LogP contribution >= 0.6 is 35.4 Å². The van der Waals surface area contributed by atoms with Gasteiger partial charge in [-0.15, -0.1) is 5.10 Å². The van der Waals surface area contributed by atoms with E-state index in [1.165, 1.54) is 18.3 Å². The summed E-state index contributed by atoms with van der Waals surface area (Å²) in [5, 5.41) is 9.37. The molecule has 0 atom stereocenters. The SMILES string of the molecule is FC(F)(F)c1n[nH]c(=S)n1/N=C/c1ccc(Cl)c(Cl)c1. The van der Waals surface area contributed by atoms with Crippen LogP contribution in [0.25, 0.3) is 0 Å². The van der Waals surface area contributed by atoms with Crippen molar-refractivity contribution in [3.8, 4) is 0 Å². The molecule has 0 amide bonds. The van der Waals surface area contributed by atoms with Crippen molar-refractivity contribution in [3.05, 3.63) is 44.4 Å². The van der Waals surface area contributed by atoms with Gasteiger partial charge in [-0.1, -0.05) is 29.3 Å². The molecule has 0 aliphatic rings. The number of hydrogen-bond acceptors (Lipinski definition) is 3. The normalized spacial score (nSPS) is 12.2. The molecule has 0 bridgehead atoms. The van der Waals surface area contributed by atoms with Crippen LogP contribution in [0.15, 0.2) is 23.3 Å². The van der Waals surface area contributed by atoms with Crippen molar-refractivity contribution in [2.75, 3.05) is 0 Å². The molecule has 0 fully saturated rings. The minimum absolute atomic E-state index is 0.266. The predicted molar refractivity (Wildman–Crippen MR) is 71.9 cm³/mol. The maximum absolute atomic E-state index is 12.6. The number of nitrogens with zero attached hydrogens (tertiary/aromatic N) is 3. The molecular formula is C10H5Cl2F3N4S. The summed E-state index contributed by atoms with van der Waals surface area (Å²) in [6.07, 6.45) is -3.49. The first-order valence-electron chi connectivity index (χ1n) is 5.03. The highest BCUT2D eigenvalue weighted by Crippen LogP contribution is 2.27. The molecule has 1 aromatic carbocycles. The van der Waals surface area contributed by atoms with E-state index in [-0.39, 0.29) is 9.79 Å². The third-order valence-electron chi connectivity index (χ3n) is 2.17. The van der Waals surface area contributed by atoms with Crippen LogP contribution in [-0.2, 0) is 6.18 Å². The van der Waals surface area contributed by atoms with Crippen LogP contribution in [0.1, 0.15) is 11.4 Å². The molecule has 106 valence electrons. The van der Waals surface area contributed by atoms with Crippen LogP contribution in [0.4, 0.5) is 13.2 Å². The number of aromatic amines is 1. The van der Waals surface area contributed by atoms with Gasteiger partial charge in [0.1, 0.15) is 0 Å². The lowest BCUT2D eigenvalue weighted by atomic mass is 10.2. The van der Waals surface area contributed by atoms with Crippen molar-refractivity contribution in [1.82, 2.24) is 14.9 Å². The Balaban J connectivity index is 2.39. The molecule has 0 saturated carbocycles. The second kappa shape index (κ2) is 5.55. The highest BCUT2D eigenvalue weighted by atomic mass is 35.5. The first-order chi connectivity index (χ1) is 9.29. The molecule has 0 unspecified atom stereocenters. The van der Waals surface area contributed by atoms with Crippen molar-refractivity contribution in [1.29, 1.82) is 0 Å². The number of halogens is 5. The summed E-state index contributed by atoms with van der Waals surface area (Å²) in [7, 11) is 0. The van der Waals surface area contributed by atoms with Gasteiger partial charge in [0.2, 0.25) is 4.77 Å². The van der Waals surface area contributed by atoms with E-state index in [9.17, 15) is 13.2 Å². The van der Waals surface area contributed by atoms with Crippen molar-refractivity contribution in [2.45, 2.75) is 6.18 Å². The fraction of sp³-hybridized carbons (Fsp3) is 0.100. The van der Waals surface area contributed by atoms with Crippen LogP contribution in [0.5, 0.6) is 0 Å². The summed E-state index contributed by atoms with van der Waals surface area (Å²) in [6.45, 7) is 0. The van der Waals surface area contributed by atoms with Gasteiger partial charge >= 0.3 is 6.18 Å². The van der Waals surface area contributed by atoms with Crippen molar-refractivity contribution < 1.29 is 13.2 Å². The molecule has 0 saturated heterocycles. The van der Waals surface area contributed by atoms with Crippen LogP contribution in [-0.4, -0.2) is 21.1 Å². The van der Waals surface area contributed by atoms with Gasteiger partial charge in [0, 0.05) is 0 Å². The summed E-state index contributed by atoms with van der Waals surface area (Å²) < 4.78 is 38.1.